The van der Waals surface area contributed by atoms with Crippen molar-refractivity contribution < 1.29 is 4.79 Å². The topological polar surface area (TPSA) is 66.9 Å². The molecule has 118 valence electrons. The van der Waals surface area contributed by atoms with Gasteiger partial charge in [-0.15, -0.1) is 0 Å². The van der Waals surface area contributed by atoms with E-state index in [0.717, 1.165) is 22.2 Å². The van der Waals surface area contributed by atoms with Gasteiger partial charge in [0.1, 0.15) is 0 Å². The minimum Gasteiger partial charge on any atom is -0.352 e. The van der Waals surface area contributed by atoms with Crippen LogP contribution in [0.15, 0.2) is 47.3 Å². The normalized spacial score (nSPS) is 10.9. The number of imidazole rings is 1. The number of para-hydroxylation sites is 2. The Labute approximate surface area is 137 Å². The lowest BCUT2D eigenvalue weighted by molar-refractivity contribution is -0.119. The fourth-order valence-electron chi connectivity index (χ4n) is 2.50. The van der Waals surface area contributed by atoms with Gasteiger partial charge in [-0.05, 0) is 29.3 Å². The molecule has 0 aliphatic rings. The minimum atomic E-state index is -0.148. The van der Waals surface area contributed by atoms with Crippen molar-refractivity contribution in [2.45, 2.75) is 20.0 Å². The fourth-order valence-corrected chi connectivity index (χ4v) is 2.77. The highest BCUT2D eigenvalue weighted by Crippen LogP contribution is 2.19. The summed E-state index contributed by atoms with van der Waals surface area (Å²) in [6.45, 7) is 2.29. The molecule has 0 bridgehead atoms. The lowest BCUT2D eigenvalue weighted by atomic mass is 10.1. The predicted octanol–water partition coefficient (Wildman–Crippen LogP) is 2.67. The Hall–Kier alpha value is -2.53. The van der Waals surface area contributed by atoms with Crippen LogP contribution in [0.2, 0.25) is 5.02 Å². The third-order valence-electron chi connectivity index (χ3n) is 3.67. The van der Waals surface area contributed by atoms with Crippen LogP contribution in [0.5, 0.6) is 0 Å². The number of H-pyrrole nitrogens is 1. The summed E-state index contributed by atoms with van der Waals surface area (Å²) in [5.41, 5.74) is 3.29. The van der Waals surface area contributed by atoms with Crippen LogP contribution in [-0.4, -0.2) is 15.5 Å². The standard InChI is InChI=1S/C17H16ClN3O2/c1-11(22)19-9-13-7-6-12(8-14(13)18)10-21-16-5-3-2-4-15(16)20-17(21)23/h2-8H,9-10H2,1H3,(H,19,22)(H,20,23). The first-order valence-electron chi connectivity index (χ1n) is 7.24. The van der Waals surface area contributed by atoms with E-state index in [9.17, 15) is 9.59 Å². The number of hydrogen-bond acceptors (Lipinski definition) is 2. The van der Waals surface area contributed by atoms with Crippen LogP contribution in [0.4, 0.5) is 0 Å². The summed E-state index contributed by atoms with van der Waals surface area (Å²) >= 11 is 6.26. The number of carbonyl (C=O) groups is 1. The molecule has 0 spiro atoms. The number of halogens is 1. The number of fused-ring (bicyclic) bond motifs is 1. The number of amides is 1. The van der Waals surface area contributed by atoms with Crippen molar-refractivity contribution in [3.05, 3.63) is 69.1 Å². The molecule has 0 unspecified atom stereocenters. The van der Waals surface area contributed by atoms with Gasteiger partial charge < -0.3 is 10.3 Å². The molecule has 23 heavy (non-hydrogen) atoms. The van der Waals surface area contributed by atoms with Crippen LogP contribution >= 0.6 is 11.6 Å². The summed E-state index contributed by atoms with van der Waals surface area (Å²) < 4.78 is 1.68. The number of aromatic amines is 1. The molecule has 0 fully saturated rings. The molecule has 5 nitrogen and oxygen atoms in total. The van der Waals surface area contributed by atoms with Crippen molar-refractivity contribution in [1.82, 2.24) is 14.9 Å². The number of hydrogen-bond donors (Lipinski definition) is 2. The van der Waals surface area contributed by atoms with Crippen LogP contribution in [0.25, 0.3) is 11.0 Å². The number of nitrogens with one attached hydrogen (secondary N) is 2. The molecular formula is C17H16ClN3O2. The maximum absolute atomic E-state index is 12.1. The summed E-state index contributed by atoms with van der Waals surface area (Å²) in [4.78, 5) is 25.9. The molecule has 2 aromatic carbocycles. The Balaban J connectivity index is 1.88. The first-order valence-corrected chi connectivity index (χ1v) is 7.61. The molecule has 3 rings (SSSR count). The van der Waals surface area contributed by atoms with Gasteiger partial charge in [-0.3, -0.25) is 9.36 Å². The molecule has 6 heteroatoms. The lowest BCUT2D eigenvalue weighted by Crippen LogP contribution is -2.19. The average Bonchev–Trinajstić information content (AvgIpc) is 2.82. The largest absolute Gasteiger partial charge is 0.352 e. The van der Waals surface area contributed by atoms with E-state index in [2.05, 4.69) is 10.3 Å². The Kier molecular flexibility index (Phi) is 4.21. The molecular weight excluding hydrogens is 314 g/mol. The molecule has 2 N–H and O–H groups in total. The Morgan fingerprint density at radius 1 is 1.26 bits per heavy atom. The van der Waals surface area contributed by atoms with Crippen molar-refractivity contribution in [2.75, 3.05) is 0 Å². The van der Waals surface area contributed by atoms with E-state index in [1.54, 1.807) is 4.57 Å². The van der Waals surface area contributed by atoms with Crippen LogP contribution in [0.3, 0.4) is 0 Å². The van der Waals surface area contributed by atoms with Gasteiger partial charge in [0.2, 0.25) is 5.91 Å². The van der Waals surface area contributed by atoms with E-state index in [4.69, 9.17) is 11.6 Å². The maximum Gasteiger partial charge on any atom is 0.326 e. The second-order valence-corrected chi connectivity index (χ2v) is 5.78. The van der Waals surface area contributed by atoms with Crippen LogP contribution in [0, 0.1) is 0 Å². The zero-order valence-corrected chi connectivity index (χ0v) is 13.4. The van der Waals surface area contributed by atoms with E-state index >= 15 is 0 Å². The second-order valence-electron chi connectivity index (χ2n) is 5.37. The molecule has 1 amide bonds. The lowest BCUT2D eigenvalue weighted by Gasteiger charge is -2.09. The van der Waals surface area contributed by atoms with Crippen LogP contribution in [-0.2, 0) is 17.9 Å². The van der Waals surface area contributed by atoms with Gasteiger partial charge in [0.15, 0.2) is 0 Å². The van der Waals surface area contributed by atoms with Gasteiger partial charge in [-0.25, -0.2) is 4.79 Å². The van der Waals surface area contributed by atoms with Crippen LogP contribution in [0.1, 0.15) is 18.1 Å². The van der Waals surface area contributed by atoms with E-state index in [-0.39, 0.29) is 11.6 Å². The van der Waals surface area contributed by atoms with Crippen molar-refractivity contribution >= 4 is 28.5 Å². The summed E-state index contributed by atoms with van der Waals surface area (Å²) in [5.74, 6) is -0.101. The predicted molar refractivity (Wildman–Crippen MR) is 90.6 cm³/mol. The van der Waals surface area contributed by atoms with E-state index < -0.39 is 0 Å². The van der Waals surface area contributed by atoms with Gasteiger partial charge in [-0.2, -0.15) is 0 Å². The summed E-state index contributed by atoms with van der Waals surface area (Å²) in [6, 6.07) is 13.2. The third kappa shape index (κ3) is 3.29. The first-order chi connectivity index (χ1) is 11.0. The van der Waals surface area contributed by atoms with Gasteiger partial charge in [0.25, 0.3) is 0 Å². The number of aromatic nitrogens is 2. The highest BCUT2D eigenvalue weighted by Gasteiger charge is 2.08. The third-order valence-corrected chi connectivity index (χ3v) is 4.02. The van der Waals surface area contributed by atoms with Gasteiger partial charge >= 0.3 is 5.69 Å². The fraction of sp³-hybridized carbons (Fsp3) is 0.176. The SMILES string of the molecule is CC(=O)NCc1ccc(Cn2c(=O)[nH]c3ccccc32)cc1Cl. The average molecular weight is 330 g/mol. The highest BCUT2D eigenvalue weighted by molar-refractivity contribution is 6.31. The minimum absolute atomic E-state index is 0.101. The zero-order chi connectivity index (χ0) is 16.4. The number of benzene rings is 2. The summed E-state index contributed by atoms with van der Waals surface area (Å²) in [6.07, 6.45) is 0. The van der Waals surface area contributed by atoms with E-state index in [0.29, 0.717) is 18.1 Å². The molecule has 0 atom stereocenters. The number of carbonyl (C=O) groups excluding carboxylic acids is 1. The van der Waals surface area contributed by atoms with E-state index in [1.165, 1.54) is 6.92 Å². The Morgan fingerprint density at radius 3 is 2.78 bits per heavy atom. The monoisotopic (exact) mass is 329 g/mol. The second kappa shape index (κ2) is 6.30. The molecule has 0 saturated carbocycles. The molecule has 0 saturated heterocycles. The number of rotatable bonds is 4. The van der Waals surface area contributed by atoms with Crippen molar-refractivity contribution in [3.63, 3.8) is 0 Å². The number of nitrogens with zero attached hydrogens (tertiary/aromatic N) is 1. The quantitative estimate of drug-likeness (QED) is 0.772. The molecule has 0 aliphatic heterocycles. The summed E-state index contributed by atoms with van der Waals surface area (Å²) in [5, 5.41) is 3.29. The van der Waals surface area contributed by atoms with Gasteiger partial charge in [0, 0.05) is 18.5 Å². The zero-order valence-electron chi connectivity index (χ0n) is 12.6. The van der Waals surface area contributed by atoms with Crippen LogP contribution < -0.4 is 11.0 Å². The highest BCUT2D eigenvalue weighted by atomic mass is 35.5. The Morgan fingerprint density at radius 2 is 2.04 bits per heavy atom. The molecule has 3 aromatic rings. The molecule has 0 radical (unpaired) electrons. The smallest absolute Gasteiger partial charge is 0.326 e. The van der Waals surface area contributed by atoms with E-state index in [1.807, 2.05) is 42.5 Å². The molecule has 1 heterocycles. The van der Waals surface area contributed by atoms with Crippen molar-refractivity contribution in [3.8, 4) is 0 Å². The Bertz CT molecular complexity index is 927. The van der Waals surface area contributed by atoms with Gasteiger partial charge in [0.05, 0.1) is 17.6 Å². The van der Waals surface area contributed by atoms with Crippen molar-refractivity contribution in [2.24, 2.45) is 0 Å². The summed E-state index contributed by atoms with van der Waals surface area (Å²) in [7, 11) is 0. The first kappa shape index (κ1) is 15.4. The van der Waals surface area contributed by atoms with Gasteiger partial charge in [-0.1, -0.05) is 35.9 Å². The van der Waals surface area contributed by atoms with Crippen molar-refractivity contribution in [1.29, 1.82) is 0 Å². The maximum atomic E-state index is 12.1. The molecule has 1 aromatic heterocycles. The molecule has 0 aliphatic carbocycles.